The van der Waals surface area contributed by atoms with Gasteiger partial charge in [0.05, 0.1) is 16.9 Å². The van der Waals surface area contributed by atoms with Gasteiger partial charge >= 0.3 is 0 Å². The minimum absolute atomic E-state index is 0.186. The molecule has 0 fully saturated rings. The molecule has 31 heavy (non-hydrogen) atoms. The standard InChI is InChI=1S/C25H17N3O2S/c29-23(17-8-2-1-3-9-17)18-10-4-5-11-19(18)24(30)26-21-13-7-6-12-20(21)22-16-28-14-15-31-25(28)27-22/h1-16H,(H,26,30). The van der Waals surface area contributed by atoms with Gasteiger partial charge in [0.25, 0.3) is 5.91 Å². The van der Waals surface area contributed by atoms with Crippen LogP contribution in [0.1, 0.15) is 26.3 Å². The average Bonchev–Trinajstić information content (AvgIpc) is 3.42. The van der Waals surface area contributed by atoms with Crippen molar-refractivity contribution in [1.29, 1.82) is 0 Å². The Bertz CT molecular complexity index is 1370. The molecule has 0 atom stereocenters. The molecule has 5 aromatic rings. The third-order valence-electron chi connectivity index (χ3n) is 5.00. The fourth-order valence-corrected chi connectivity index (χ4v) is 4.19. The number of imidazole rings is 1. The number of fused-ring (bicyclic) bond motifs is 1. The Morgan fingerprint density at radius 1 is 0.839 bits per heavy atom. The van der Waals surface area contributed by atoms with Crippen LogP contribution in [0.15, 0.2) is 96.6 Å². The average molecular weight is 423 g/mol. The van der Waals surface area contributed by atoms with Crippen LogP contribution in [-0.2, 0) is 0 Å². The van der Waals surface area contributed by atoms with Gasteiger partial charge in [-0.15, -0.1) is 11.3 Å². The molecule has 2 aromatic heterocycles. The lowest BCUT2D eigenvalue weighted by atomic mass is 9.97. The molecule has 0 bridgehead atoms. The highest BCUT2D eigenvalue weighted by atomic mass is 32.1. The van der Waals surface area contributed by atoms with E-state index in [0.717, 1.165) is 16.2 Å². The highest BCUT2D eigenvalue weighted by Gasteiger charge is 2.19. The van der Waals surface area contributed by atoms with Crippen LogP contribution >= 0.6 is 11.3 Å². The summed E-state index contributed by atoms with van der Waals surface area (Å²) in [5.41, 5.74) is 3.47. The number of rotatable bonds is 5. The van der Waals surface area contributed by atoms with Crippen molar-refractivity contribution in [2.75, 3.05) is 5.32 Å². The number of anilines is 1. The van der Waals surface area contributed by atoms with Crippen molar-refractivity contribution < 1.29 is 9.59 Å². The van der Waals surface area contributed by atoms with Crippen LogP contribution < -0.4 is 5.32 Å². The molecule has 2 heterocycles. The van der Waals surface area contributed by atoms with Crippen molar-refractivity contribution in [3.63, 3.8) is 0 Å². The van der Waals surface area contributed by atoms with Crippen LogP contribution in [0.25, 0.3) is 16.2 Å². The molecule has 150 valence electrons. The van der Waals surface area contributed by atoms with Crippen molar-refractivity contribution in [2.45, 2.75) is 0 Å². The van der Waals surface area contributed by atoms with E-state index in [2.05, 4.69) is 10.3 Å². The number of nitrogens with one attached hydrogen (secondary N) is 1. The van der Waals surface area contributed by atoms with E-state index in [-0.39, 0.29) is 11.7 Å². The zero-order valence-corrected chi connectivity index (χ0v) is 17.2. The van der Waals surface area contributed by atoms with Crippen LogP contribution in [0.5, 0.6) is 0 Å². The van der Waals surface area contributed by atoms with Gasteiger partial charge in [0.1, 0.15) is 0 Å². The summed E-state index contributed by atoms with van der Waals surface area (Å²) in [6, 6.07) is 23.4. The lowest BCUT2D eigenvalue weighted by Crippen LogP contribution is -2.17. The number of hydrogen-bond acceptors (Lipinski definition) is 4. The molecule has 1 amide bonds. The number of carbonyl (C=O) groups is 2. The number of nitrogens with zero attached hydrogens (tertiary/aromatic N) is 2. The Kier molecular flexibility index (Phi) is 4.90. The topological polar surface area (TPSA) is 63.5 Å². The summed E-state index contributed by atoms with van der Waals surface area (Å²) in [5.74, 6) is -0.526. The Morgan fingerprint density at radius 3 is 2.35 bits per heavy atom. The predicted molar refractivity (Wildman–Crippen MR) is 123 cm³/mol. The van der Waals surface area contributed by atoms with E-state index < -0.39 is 0 Å². The van der Waals surface area contributed by atoms with Gasteiger partial charge in [-0.3, -0.25) is 14.0 Å². The lowest BCUT2D eigenvalue weighted by molar-refractivity contribution is 0.0996. The first kappa shape index (κ1) is 19.0. The molecule has 5 nitrogen and oxygen atoms in total. The van der Waals surface area contributed by atoms with E-state index in [9.17, 15) is 9.59 Å². The maximum absolute atomic E-state index is 13.2. The number of aromatic nitrogens is 2. The molecular formula is C25H17N3O2S. The number of thiazole rings is 1. The molecular weight excluding hydrogens is 406 g/mol. The van der Waals surface area contributed by atoms with Crippen molar-refractivity contribution in [3.05, 3.63) is 113 Å². The molecule has 0 unspecified atom stereocenters. The quantitative estimate of drug-likeness (QED) is 0.377. The van der Waals surface area contributed by atoms with Gasteiger partial charge in [0, 0.05) is 34.5 Å². The predicted octanol–water partition coefficient (Wildman–Crippen LogP) is 5.55. The maximum Gasteiger partial charge on any atom is 0.256 e. The maximum atomic E-state index is 13.2. The highest BCUT2D eigenvalue weighted by molar-refractivity contribution is 7.15. The first-order valence-electron chi connectivity index (χ1n) is 9.72. The van der Waals surface area contributed by atoms with E-state index in [1.165, 1.54) is 0 Å². The van der Waals surface area contributed by atoms with Gasteiger partial charge in [-0.2, -0.15) is 0 Å². The van der Waals surface area contributed by atoms with Gasteiger partial charge < -0.3 is 5.32 Å². The molecule has 3 aromatic carbocycles. The number of amides is 1. The number of carbonyl (C=O) groups excluding carboxylic acids is 2. The second kappa shape index (κ2) is 8.01. The number of benzene rings is 3. The molecule has 0 saturated carbocycles. The van der Waals surface area contributed by atoms with Gasteiger partial charge in [-0.05, 0) is 12.1 Å². The first-order valence-corrected chi connectivity index (χ1v) is 10.6. The lowest BCUT2D eigenvalue weighted by Gasteiger charge is -2.12. The molecule has 1 N–H and O–H groups in total. The summed E-state index contributed by atoms with van der Waals surface area (Å²) in [6.45, 7) is 0. The smallest absolute Gasteiger partial charge is 0.256 e. The van der Waals surface area contributed by atoms with Crippen LogP contribution in [0.4, 0.5) is 5.69 Å². The third kappa shape index (κ3) is 3.65. The Labute approximate surface area is 182 Å². The van der Waals surface area contributed by atoms with Gasteiger partial charge in [0.15, 0.2) is 10.7 Å². The molecule has 0 aliphatic heterocycles. The molecule has 0 radical (unpaired) electrons. The van der Waals surface area contributed by atoms with E-state index >= 15 is 0 Å². The number of para-hydroxylation sites is 1. The molecule has 0 spiro atoms. The van der Waals surface area contributed by atoms with Gasteiger partial charge in [-0.1, -0.05) is 66.7 Å². The van der Waals surface area contributed by atoms with Crippen LogP contribution in [0.3, 0.4) is 0 Å². The summed E-state index contributed by atoms with van der Waals surface area (Å²) < 4.78 is 1.95. The van der Waals surface area contributed by atoms with Crippen LogP contribution in [0, 0.1) is 0 Å². The van der Waals surface area contributed by atoms with Gasteiger partial charge in [-0.25, -0.2) is 4.98 Å². The first-order chi connectivity index (χ1) is 15.2. The Hall–Kier alpha value is -4.03. The minimum atomic E-state index is -0.339. The molecule has 0 aliphatic carbocycles. The summed E-state index contributed by atoms with van der Waals surface area (Å²) in [7, 11) is 0. The summed E-state index contributed by atoms with van der Waals surface area (Å²) in [4.78, 5) is 31.7. The van der Waals surface area contributed by atoms with Crippen molar-refractivity contribution >= 4 is 33.7 Å². The van der Waals surface area contributed by atoms with Crippen molar-refractivity contribution in [3.8, 4) is 11.3 Å². The van der Waals surface area contributed by atoms with E-state index in [1.807, 2.05) is 64.6 Å². The molecule has 0 aliphatic rings. The fraction of sp³-hybridized carbons (Fsp3) is 0. The van der Waals surface area contributed by atoms with E-state index in [1.54, 1.807) is 47.7 Å². The SMILES string of the molecule is O=C(Nc1ccccc1-c1cn2ccsc2n1)c1ccccc1C(=O)c1ccccc1. The molecule has 6 heteroatoms. The zero-order valence-electron chi connectivity index (χ0n) is 16.4. The number of hydrogen-bond donors (Lipinski definition) is 1. The van der Waals surface area contributed by atoms with Crippen molar-refractivity contribution in [2.24, 2.45) is 0 Å². The van der Waals surface area contributed by atoms with Crippen LogP contribution in [0.2, 0.25) is 0 Å². The monoisotopic (exact) mass is 423 g/mol. The minimum Gasteiger partial charge on any atom is -0.321 e. The largest absolute Gasteiger partial charge is 0.321 e. The Balaban J connectivity index is 1.48. The second-order valence-electron chi connectivity index (χ2n) is 6.96. The zero-order chi connectivity index (χ0) is 21.2. The third-order valence-corrected chi connectivity index (χ3v) is 5.77. The fourth-order valence-electron chi connectivity index (χ4n) is 3.49. The summed E-state index contributed by atoms with van der Waals surface area (Å²) in [5, 5.41) is 4.94. The highest BCUT2D eigenvalue weighted by Crippen LogP contribution is 2.29. The number of ketones is 1. The normalized spacial score (nSPS) is 10.8. The summed E-state index contributed by atoms with van der Waals surface area (Å²) in [6.07, 6.45) is 3.88. The molecule has 5 rings (SSSR count). The second-order valence-corrected chi connectivity index (χ2v) is 7.83. The van der Waals surface area contributed by atoms with E-state index in [4.69, 9.17) is 0 Å². The van der Waals surface area contributed by atoms with Crippen LogP contribution in [-0.4, -0.2) is 21.1 Å². The van der Waals surface area contributed by atoms with E-state index in [0.29, 0.717) is 22.4 Å². The molecule has 0 saturated heterocycles. The Morgan fingerprint density at radius 2 is 1.55 bits per heavy atom. The van der Waals surface area contributed by atoms with Gasteiger partial charge in [0.2, 0.25) is 0 Å². The summed E-state index contributed by atoms with van der Waals surface area (Å²) >= 11 is 1.55. The van der Waals surface area contributed by atoms with Crippen molar-refractivity contribution in [1.82, 2.24) is 9.38 Å².